The van der Waals surface area contributed by atoms with Crippen molar-refractivity contribution in [2.45, 2.75) is 6.42 Å². The Morgan fingerprint density at radius 3 is 2.73 bits per heavy atom. The van der Waals surface area contributed by atoms with E-state index in [2.05, 4.69) is 0 Å². The van der Waals surface area contributed by atoms with Gasteiger partial charge in [-0.25, -0.2) is 8.42 Å². The summed E-state index contributed by atoms with van der Waals surface area (Å²) >= 11 is 5.84. The van der Waals surface area contributed by atoms with Crippen LogP contribution in [0.2, 0.25) is 5.02 Å². The number of nitrogens with zero attached hydrogens (tertiary/aromatic N) is 1. The van der Waals surface area contributed by atoms with E-state index in [0.29, 0.717) is 30.5 Å². The van der Waals surface area contributed by atoms with Crippen molar-refractivity contribution in [2.75, 3.05) is 38.2 Å². The van der Waals surface area contributed by atoms with Gasteiger partial charge < -0.3 is 14.7 Å². The number of aliphatic carboxylic acids is 1. The predicted octanol–water partition coefficient (Wildman–Crippen LogP) is 1.54. The summed E-state index contributed by atoms with van der Waals surface area (Å²) < 4.78 is 28.4. The molecule has 0 bridgehead atoms. The maximum atomic E-state index is 11.4. The molecule has 0 radical (unpaired) electrons. The Morgan fingerprint density at radius 2 is 2.09 bits per heavy atom. The zero-order valence-corrected chi connectivity index (χ0v) is 13.9. The average molecular weight is 350 g/mol. The number of hydrogen-bond donors (Lipinski definition) is 1. The molecule has 0 heterocycles. The Labute approximate surface area is 135 Å². The first-order chi connectivity index (χ1) is 10.3. The summed E-state index contributed by atoms with van der Waals surface area (Å²) in [7, 11) is -1.75. The summed E-state index contributed by atoms with van der Waals surface area (Å²) in [5.74, 6) is -1.61. The molecule has 0 aliphatic heterocycles. The summed E-state index contributed by atoms with van der Waals surface area (Å²) in [6.07, 6.45) is 0.724. The number of carboxylic acid groups (broad SMARTS) is 1. The summed E-state index contributed by atoms with van der Waals surface area (Å²) in [4.78, 5) is 12.2. The van der Waals surface area contributed by atoms with E-state index in [9.17, 15) is 13.2 Å². The first-order valence-electron chi connectivity index (χ1n) is 6.77. The zero-order chi connectivity index (χ0) is 16.6. The molecule has 0 amide bonds. The van der Waals surface area contributed by atoms with E-state index in [4.69, 9.17) is 21.4 Å². The standard InChI is InChI=1S/C14H20ClNO5S/c1-16(7-9-22(19,20)11-14(17)18)6-3-8-21-13-5-2-4-12(15)10-13/h2,4-5,10H,3,6-9,11H2,1H3,(H,17,18). The van der Waals surface area contributed by atoms with Gasteiger partial charge in [0.15, 0.2) is 9.84 Å². The maximum absolute atomic E-state index is 11.4. The van der Waals surface area contributed by atoms with Crippen molar-refractivity contribution < 1.29 is 23.1 Å². The Kier molecular flexibility index (Phi) is 7.64. The van der Waals surface area contributed by atoms with Gasteiger partial charge in [-0.1, -0.05) is 17.7 Å². The molecule has 0 saturated heterocycles. The highest BCUT2D eigenvalue weighted by Crippen LogP contribution is 2.17. The van der Waals surface area contributed by atoms with E-state index in [-0.39, 0.29) is 5.75 Å². The number of ether oxygens (including phenoxy) is 1. The number of benzene rings is 1. The molecular formula is C14H20ClNO5S. The van der Waals surface area contributed by atoms with E-state index < -0.39 is 21.6 Å². The van der Waals surface area contributed by atoms with Crippen LogP contribution in [0.1, 0.15) is 6.42 Å². The third kappa shape index (κ3) is 8.21. The van der Waals surface area contributed by atoms with Crippen LogP contribution in [0.15, 0.2) is 24.3 Å². The topological polar surface area (TPSA) is 83.9 Å². The molecule has 0 fully saturated rings. The van der Waals surface area contributed by atoms with Crippen LogP contribution in [0.5, 0.6) is 5.75 Å². The van der Waals surface area contributed by atoms with E-state index in [0.717, 1.165) is 6.42 Å². The lowest BCUT2D eigenvalue weighted by Gasteiger charge is -2.16. The van der Waals surface area contributed by atoms with Crippen molar-refractivity contribution in [1.82, 2.24) is 4.90 Å². The van der Waals surface area contributed by atoms with E-state index in [1.54, 1.807) is 25.2 Å². The Balaban J connectivity index is 2.21. The third-order valence-corrected chi connectivity index (χ3v) is 4.60. The fourth-order valence-corrected chi connectivity index (χ4v) is 3.04. The van der Waals surface area contributed by atoms with Crippen molar-refractivity contribution >= 4 is 27.4 Å². The van der Waals surface area contributed by atoms with Gasteiger partial charge in [-0.05, 0) is 31.7 Å². The molecule has 0 aromatic heterocycles. The number of hydrogen-bond acceptors (Lipinski definition) is 5. The third-order valence-electron chi connectivity index (χ3n) is 2.88. The monoisotopic (exact) mass is 349 g/mol. The highest BCUT2D eigenvalue weighted by Gasteiger charge is 2.16. The van der Waals surface area contributed by atoms with Crippen LogP contribution in [0.4, 0.5) is 0 Å². The second-order valence-electron chi connectivity index (χ2n) is 4.95. The molecule has 6 nitrogen and oxygen atoms in total. The lowest BCUT2D eigenvalue weighted by atomic mass is 10.3. The molecule has 0 atom stereocenters. The van der Waals surface area contributed by atoms with Crippen molar-refractivity contribution in [1.29, 1.82) is 0 Å². The van der Waals surface area contributed by atoms with Gasteiger partial charge in [0.2, 0.25) is 0 Å². The molecular weight excluding hydrogens is 330 g/mol. The molecule has 22 heavy (non-hydrogen) atoms. The summed E-state index contributed by atoms with van der Waals surface area (Å²) in [5, 5.41) is 9.11. The fourth-order valence-electron chi connectivity index (χ4n) is 1.75. The SMILES string of the molecule is CN(CCCOc1cccc(Cl)c1)CCS(=O)(=O)CC(=O)O. The molecule has 1 N–H and O–H groups in total. The second kappa shape index (κ2) is 8.97. The van der Waals surface area contributed by atoms with Crippen molar-refractivity contribution in [2.24, 2.45) is 0 Å². The molecule has 0 saturated carbocycles. The van der Waals surface area contributed by atoms with Gasteiger partial charge in [-0.3, -0.25) is 4.79 Å². The largest absolute Gasteiger partial charge is 0.493 e. The smallest absolute Gasteiger partial charge is 0.318 e. The Bertz CT molecular complexity index is 591. The fraction of sp³-hybridized carbons (Fsp3) is 0.500. The normalized spacial score (nSPS) is 11.6. The van der Waals surface area contributed by atoms with Gasteiger partial charge in [0, 0.05) is 18.1 Å². The Hall–Kier alpha value is -1.31. The highest BCUT2D eigenvalue weighted by molar-refractivity contribution is 7.92. The lowest BCUT2D eigenvalue weighted by molar-refractivity contribution is -0.134. The minimum atomic E-state index is -3.54. The van der Waals surface area contributed by atoms with Crippen LogP contribution in [0.3, 0.4) is 0 Å². The minimum absolute atomic E-state index is 0.162. The van der Waals surface area contributed by atoms with Crippen LogP contribution < -0.4 is 4.74 Å². The van der Waals surface area contributed by atoms with E-state index >= 15 is 0 Å². The molecule has 8 heteroatoms. The molecule has 0 aliphatic rings. The number of sulfone groups is 1. The Morgan fingerprint density at radius 1 is 1.36 bits per heavy atom. The molecule has 0 unspecified atom stereocenters. The molecule has 124 valence electrons. The van der Waals surface area contributed by atoms with Gasteiger partial charge in [0.05, 0.1) is 12.4 Å². The molecule has 0 aliphatic carbocycles. The van der Waals surface area contributed by atoms with Crippen LogP contribution in [0, 0.1) is 0 Å². The van der Waals surface area contributed by atoms with Crippen molar-refractivity contribution in [3.05, 3.63) is 29.3 Å². The molecule has 0 spiro atoms. The second-order valence-corrected chi connectivity index (χ2v) is 7.57. The predicted molar refractivity (Wildman–Crippen MR) is 85.4 cm³/mol. The highest BCUT2D eigenvalue weighted by atomic mass is 35.5. The summed E-state index contributed by atoms with van der Waals surface area (Å²) in [6, 6.07) is 7.11. The molecule has 1 aromatic rings. The van der Waals surface area contributed by atoms with Crippen LogP contribution in [-0.4, -0.2) is 62.6 Å². The zero-order valence-electron chi connectivity index (χ0n) is 12.4. The van der Waals surface area contributed by atoms with Gasteiger partial charge in [0.1, 0.15) is 11.5 Å². The van der Waals surface area contributed by atoms with Gasteiger partial charge in [-0.2, -0.15) is 0 Å². The summed E-state index contributed by atoms with van der Waals surface area (Å²) in [6.45, 7) is 1.45. The maximum Gasteiger partial charge on any atom is 0.318 e. The molecule has 1 aromatic carbocycles. The summed E-state index contributed by atoms with van der Waals surface area (Å²) in [5.41, 5.74) is 0. The van der Waals surface area contributed by atoms with Gasteiger partial charge in [0.25, 0.3) is 0 Å². The minimum Gasteiger partial charge on any atom is -0.493 e. The average Bonchev–Trinajstić information content (AvgIpc) is 2.40. The van der Waals surface area contributed by atoms with Crippen LogP contribution in [-0.2, 0) is 14.6 Å². The number of carboxylic acids is 1. The number of halogens is 1. The first-order valence-corrected chi connectivity index (χ1v) is 8.97. The van der Waals surface area contributed by atoms with Gasteiger partial charge >= 0.3 is 5.97 Å². The quantitative estimate of drug-likeness (QED) is 0.645. The van der Waals surface area contributed by atoms with E-state index in [1.165, 1.54) is 0 Å². The van der Waals surface area contributed by atoms with Crippen molar-refractivity contribution in [3.63, 3.8) is 0 Å². The first kappa shape index (κ1) is 18.7. The molecule has 1 rings (SSSR count). The van der Waals surface area contributed by atoms with Gasteiger partial charge in [-0.15, -0.1) is 0 Å². The van der Waals surface area contributed by atoms with E-state index in [1.807, 2.05) is 11.0 Å². The number of carbonyl (C=O) groups is 1. The van der Waals surface area contributed by atoms with Crippen LogP contribution in [0.25, 0.3) is 0 Å². The van der Waals surface area contributed by atoms with Crippen LogP contribution >= 0.6 is 11.6 Å². The number of rotatable bonds is 10. The lowest BCUT2D eigenvalue weighted by Crippen LogP contribution is -2.29. The van der Waals surface area contributed by atoms with Crippen molar-refractivity contribution in [3.8, 4) is 5.75 Å².